The largest absolute Gasteiger partial charge is 0.489 e. The lowest BCUT2D eigenvalue weighted by molar-refractivity contribution is -0.122. The van der Waals surface area contributed by atoms with Crippen molar-refractivity contribution in [3.63, 3.8) is 0 Å². The Morgan fingerprint density at radius 3 is 2.37 bits per heavy atom. The molecule has 1 N–H and O–H groups in total. The molecular formula is C23H23ClN2O4. The van der Waals surface area contributed by atoms with Gasteiger partial charge in [0, 0.05) is 0 Å². The van der Waals surface area contributed by atoms with Crippen LogP contribution in [0.3, 0.4) is 0 Å². The van der Waals surface area contributed by atoms with E-state index >= 15 is 0 Å². The number of carbonyl (C=O) groups excluding carboxylic acids is 3. The van der Waals surface area contributed by atoms with Crippen LogP contribution in [0.1, 0.15) is 37.0 Å². The second-order valence-corrected chi connectivity index (χ2v) is 7.74. The highest BCUT2D eigenvalue weighted by atomic mass is 35.5. The zero-order valence-electron chi connectivity index (χ0n) is 17.3. The van der Waals surface area contributed by atoms with Gasteiger partial charge in [-0.3, -0.25) is 14.9 Å². The molecular weight excluding hydrogens is 404 g/mol. The van der Waals surface area contributed by atoms with Gasteiger partial charge in [0.1, 0.15) is 11.3 Å². The lowest BCUT2D eigenvalue weighted by atomic mass is 10.1. The number of hydrogen-bond acceptors (Lipinski definition) is 4. The van der Waals surface area contributed by atoms with E-state index in [2.05, 4.69) is 5.32 Å². The Kier molecular flexibility index (Phi) is 6.27. The number of nitrogens with one attached hydrogen (secondary N) is 1. The standard InChI is InChI=1S/C23H23ClN2O4/c1-5-15(4)30-20-7-6-16(12-19(20)24)11-18-21(27)25-23(29)26(22(18)28)17-9-13(2)8-14(3)10-17/h6-12,15H,5H2,1-4H3,(H,25,27,29)/b18-11+/t15-/m0/s1. The second kappa shape index (κ2) is 8.71. The number of rotatable bonds is 5. The van der Waals surface area contributed by atoms with E-state index < -0.39 is 17.8 Å². The van der Waals surface area contributed by atoms with Crippen molar-refractivity contribution in [3.8, 4) is 5.75 Å². The van der Waals surface area contributed by atoms with Gasteiger partial charge >= 0.3 is 6.03 Å². The number of barbiturate groups is 1. The summed E-state index contributed by atoms with van der Waals surface area (Å²) in [6, 6.07) is 9.61. The topological polar surface area (TPSA) is 75.7 Å². The van der Waals surface area contributed by atoms with Crippen LogP contribution in [-0.4, -0.2) is 23.9 Å². The van der Waals surface area contributed by atoms with Gasteiger partial charge in [-0.25, -0.2) is 9.69 Å². The van der Waals surface area contributed by atoms with Crippen LogP contribution in [0.15, 0.2) is 42.0 Å². The smallest absolute Gasteiger partial charge is 0.335 e. The maximum atomic E-state index is 13.0. The van der Waals surface area contributed by atoms with Gasteiger partial charge in [0.05, 0.1) is 16.8 Å². The molecule has 7 heteroatoms. The van der Waals surface area contributed by atoms with Gasteiger partial charge in [-0.1, -0.05) is 30.7 Å². The fraction of sp³-hybridized carbons (Fsp3) is 0.261. The first kappa shape index (κ1) is 21.6. The van der Waals surface area contributed by atoms with Crippen molar-refractivity contribution in [2.24, 2.45) is 0 Å². The molecule has 30 heavy (non-hydrogen) atoms. The monoisotopic (exact) mass is 426 g/mol. The molecule has 3 rings (SSSR count). The van der Waals surface area contributed by atoms with Crippen LogP contribution in [-0.2, 0) is 9.59 Å². The molecule has 0 radical (unpaired) electrons. The van der Waals surface area contributed by atoms with Crippen molar-refractivity contribution in [1.82, 2.24) is 5.32 Å². The Morgan fingerprint density at radius 2 is 1.77 bits per heavy atom. The van der Waals surface area contributed by atoms with Crippen LogP contribution < -0.4 is 15.0 Å². The van der Waals surface area contributed by atoms with Crippen molar-refractivity contribution in [2.75, 3.05) is 4.90 Å². The average Bonchev–Trinajstić information content (AvgIpc) is 2.66. The van der Waals surface area contributed by atoms with Gasteiger partial charge in [0.15, 0.2) is 0 Å². The second-order valence-electron chi connectivity index (χ2n) is 7.33. The van der Waals surface area contributed by atoms with E-state index in [4.69, 9.17) is 16.3 Å². The van der Waals surface area contributed by atoms with Gasteiger partial charge in [-0.15, -0.1) is 0 Å². The lowest BCUT2D eigenvalue weighted by Gasteiger charge is -2.27. The summed E-state index contributed by atoms with van der Waals surface area (Å²) in [5.41, 5.74) is 2.60. The van der Waals surface area contributed by atoms with Crippen LogP contribution in [0.2, 0.25) is 5.02 Å². The molecule has 1 heterocycles. The van der Waals surface area contributed by atoms with Crippen LogP contribution in [0.4, 0.5) is 10.5 Å². The van der Waals surface area contributed by atoms with E-state index in [-0.39, 0.29) is 11.7 Å². The number of hydrogen-bond donors (Lipinski definition) is 1. The minimum Gasteiger partial charge on any atom is -0.489 e. The molecule has 6 nitrogen and oxygen atoms in total. The van der Waals surface area contributed by atoms with Crippen LogP contribution >= 0.6 is 11.6 Å². The normalized spacial score (nSPS) is 16.6. The third kappa shape index (κ3) is 4.54. The maximum absolute atomic E-state index is 13.0. The molecule has 2 aromatic rings. The fourth-order valence-corrected chi connectivity index (χ4v) is 3.37. The lowest BCUT2D eigenvalue weighted by Crippen LogP contribution is -2.54. The molecule has 2 aromatic carbocycles. The number of carbonyl (C=O) groups is 3. The molecule has 0 spiro atoms. The first-order chi connectivity index (χ1) is 14.2. The molecule has 156 valence electrons. The number of anilines is 1. The number of imide groups is 2. The number of ether oxygens (including phenoxy) is 1. The molecule has 1 aliphatic rings. The third-order valence-electron chi connectivity index (χ3n) is 4.74. The van der Waals surface area contributed by atoms with Crippen molar-refractivity contribution in [1.29, 1.82) is 0 Å². The molecule has 0 unspecified atom stereocenters. The molecule has 0 bridgehead atoms. The predicted octanol–water partition coefficient (Wildman–Crippen LogP) is 4.80. The van der Waals surface area contributed by atoms with Crippen LogP contribution in [0.5, 0.6) is 5.75 Å². The van der Waals surface area contributed by atoms with E-state index in [0.29, 0.717) is 22.0 Å². The summed E-state index contributed by atoms with van der Waals surface area (Å²) in [5.74, 6) is -0.911. The van der Waals surface area contributed by atoms with Crippen molar-refractivity contribution in [2.45, 2.75) is 40.2 Å². The zero-order valence-corrected chi connectivity index (χ0v) is 18.0. The van der Waals surface area contributed by atoms with Crippen molar-refractivity contribution < 1.29 is 19.1 Å². The van der Waals surface area contributed by atoms with Crippen molar-refractivity contribution >= 4 is 41.2 Å². The maximum Gasteiger partial charge on any atom is 0.335 e. The molecule has 1 atom stereocenters. The number of urea groups is 1. The summed E-state index contributed by atoms with van der Waals surface area (Å²) in [6.07, 6.45) is 2.26. The molecule has 4 amide bonds. The first-order valence-corrected chi connectivity index (χ1v) is 10.0. The van der Waals surface area contributed by atoms with Gasteiger partial charge in [0.25, 0.3) is 11.8 Å². The minimum absolute atomic E-state index is 0.00904. The molecule has 0 aromatic heterocycles. The van der Waals surface area contributed by atoms with Gasteiger partial charge < -0.3 is 4.74 Å². The summed E-state index contributed by atoms with van der Waals surface area (Å²) in [7, 11) is 0. The number of benzene rings is 2. The van der Waals surface area contributed by atoms with E-state index in [1.54, 1.807) is 30.3 Å². The van der Waals surface area contributed by atoms with Crippen LogP contribution in [0, 0.1) is 13.8 Å². The van der Waals surface area contributed by atoms with Crippen LogP contribution in [0.25, 0.3) is 6.08 Å². The molecule has 0 saturated carbocycles. The number of halogens is 1. The molecule has 1 aliphatic heterocycles. The van der Waals surface area contributed by atoms with Crippen molar-refractivity contribution in [3.05, 3.63) is 63.7 Å². The summed E-state index contributed by atoms with van der Waals surface area (Å²) in [4.78, 5) is 38.7. The number of aryl methyl sites for hydroxylation is 2. The van der Waals surface area contributed by atoms with E-state index in [1.807, 2.05) is 33.8 Å². The Labute approximate surface area is 180 Å². The Balaban J connectivity index is 1.95. The predicted molar refractivity (Wildman–Crippen MR) is 117 cm³/mol. The number of amides is 4. The summed E-state index contributed by atoms with van der Waals surface area (Å²) in [5, 5.41) is 2.60. The number of nitrogens with zero attached hydrogens (tertiary/aromatic N) is 1. The molecule has 1 fully saturated rings. The first-order valence-electron chi connectivity index (χ1n) is 9.65. The third-order valence-corrected chi connectivity index (χ3v) is 5.03. The Hall–Kier alpha value is -3.12. The molecule has 1 saturated heterocycles. The van der Waals surface area contributed by atoms with Gasteiger partial charge in [0.2, 0.25) is 0 Å². The fourth-order valence-electron chi connectivity index (χ4n) is 3.14. The quantitative estimate of drug-likeness (QED) is 0.550. The summed E-state index contributed by atoms with van der Waals surface area (Å²) in [6.45, 7) is 7.69. The molecule has 0 aliphatic carbocycles. The highest BCUT2D eigenvalue weighted by molar-refractivity contribution is 6.39. The zero-order chi connectivity index (χ0) is 22.0. The Bertz CT molecular complexity index is 1040. The highest BCUT2D eigenvalue weighted by Gasteiger charge is 2.37. The highest BCUT2D eigenvalue weighted by Crippen LogP contribution is 2.29. The average molecular weight is 427 g/mol. The van der Waals surface area contributed by atoms with Gasteiger partial charge in [-0.2, -0.15) is 0 Å². The minimum atomic E-state index is -0.775. The van der Waals surface area contributed by atoms with E-state index in [1.165, 1.54) is 6.08 Å². The van der Waals surface area contributed by atoms with Gasteiger partial charge in [-0.05, 0) is 74.2 Å². The summed E-state index contributed by atoms with van der Waals surface area (Å²) >= 11 is 6.30. The summed E-state index contributed by atoms with van der Waals surface area (Å²) < 4.78 is 5.74. The SMILES string of the molecule is CC[C@H](C)Oc1ccc(/C=C2\C(=O)NC(=O)N(c3cc(C)cc(C)c3)C2=O)cc1Cl. The Morgan fingerprint density at radius 1 is 1.10 bits per heavy atom. The van der Waals surface area contributed by atoms with E-state index in [9.17, 15) is 14.4 Å². The van der Waals surface area contributed by atoms with E-state index in [0.717, 1.165) is 22.4 Å².